The van der Waals surface area contributed by atoms with E-state index in [0.717, 1.165) is 19.4 Å². The van der Waals surface area contributed by atoms with Crippen molar-refractivity contribution in [2.45, 2.75) is 31.2 Å². The summed E-state index contributed by atoms with van der Waals surface area (Å²) in [6.07, 6.45) is 4.64. The number of carboxylic acid groups (broad SMARTS) is 1. The van der Waals surface area contributed by atoms with E-state index < -0.39 is 30.0 Å². The highest BCUT2D eigenvalue weighted by atomic mass is 16.5. The molecule has 3 aliphatic rings. The van der Waals surface area contributed by atoms with Crippen LogP contribution in [0, 0.1) is 11.8 Å². The molecule has 2 fully saturated rings. The van der Waals surface area contributed by atoms with Crippen LogP contribution >= 0.6 is 0 Å². The third-order valence-corrected chi connectivity index (χ3v) is 4.02. The summed E-state index contributed by atoms with van der Waals surface area (Å²) in [5.41, 5.74) is 0. The van der Waals surface area contributed by atoms with Crippen LogP contribution in [0.2, 0.25) is 0 Å². The number of nitrogens with one attached hydrogen (secondary N) is 1. The van der Waals surface area contributed by atoms with Gasteiger partial charge in [-0.2, -0.15) is 0 Å². The summed E-state index contributed by atoms with van der Waals surface area (Å²) in [5.74, 6) is -2.64. The van der Waals surface area contributed by atoms with Gasteiger partial charge in [0, 0.05) is 13.2 Å². The van der Waals surface area contributed by atoms with Gasteiger partial charge in [0.1, 0.15) is 5.92 Å². The lowest BCUT2D eigenvalue weighted by molar-refractivity contribution is -0.146. The molecule has 3 rings (SSSR count). The first-order valence-corrected chi connectivity index (χ1v) is 6.63. The lowest BCUT2D eigenvalue weighted by Gasteiger charge is -2.21. The minimum Gasteiger partial charge on any atom is -0.481 e. The Balaban J connectivity index is 1.62. The van der Waals surface area contributed by atoms with Crippen molar-refractivity contribution in [1.29, 1.82) is 0 Å². The average Bonchev–Trinajstić information content (AvgIpc) is 3.10. The number of carboxylic acids is 1. The molecule has 0 aromatic carbocycles. The number of carbonyl (C=O) groups excluding carboxylic acids is 1. The van der Waals surface area contributed by atoms with E-state index in [1.165, 1.54) is 0 Å². The molecule has 0 aromatic rings. The van der Waals surface area contributed by atoms with Gasteiger partial charge in [0.2, 0.25) is 5.91 Å². The molecule has 6 heteroatoms. The molecule has 2 bridgehead atoms. The number of hydrogen-bond acceptors (Lipinski definition) is 4. The van der Waals surface area contributed by atoms with Crippen LogP contribution in [-0.4, -0.2) is 48.4 Å². The molecule has 1 amide bonds. The second kappa shape index (κ2) is 4.94. The number of hydrogen-bond donors (Lipinski definition) is 2. The molecule has 0 radical (unpaired) electrons. The first kappa shape index (κ1) is 12.6. The molecule has 2 N–H and O–H groups in total. The standard InChI is InChI=1S/C13H17NO5/c15-12(14-6-7-2-1-5-18-7)10-8-3-4-9(19-8)11(10)13(16)17/h3-4,7-11H,1-2,5-6H2,(H,14,15)(H,16,17)/t7-,8+,9+,10+,11+/m0/s1. The van der Waals surface area contributed by atoms with Crippen LogP contribution in [0.15, 0.2) is 12.2 Å². The van der Waals surface area contributed by atoms with E-state index in [4.69, 9.17) is 9.47 Å². The molecule has 6 nitrogen and oxygen atoms in total. The molecule has 0 spiro atoms. The third kappa shape index (κ3) is 2.26. The van der Waals surface area contributed by atoms with E-state index in [2.05, 4.69) is 5.32 Å². The summed E-state index contributed by atoms with van der Waals surface area (Å²) in [6, 6.07) is 0. The van der Waals surface area contributed by atoms with Gasteiger partial charge in [0.25, 0.3) is 0 Å². The summed E-state index contributed by atoms with van der Waals surface area (Å²) < 4.78 is 10.9. The molecule has 2 saturated heterocycles. The Labute approximate surface area is 110 Å². The van der Waals surface area contributed by atoms with Crippen molar-refractivity contribution in [3.8, 4) is 0 Å². The predicted octanol–water partition coefficient (Wildman–Crippen LogP) is -0.0642. The molecule has 3 aliphatic heterocycles. The highest BCUT2D eigenvalue weighted by molar-refractivity contribution is 5.87. The maximum absolute atomic E-state index is 12.2. The predicted molar refractivity (Wildman–Crippen MR) is 64.4 cm³/mol. The number of carbonyl (C=O) groups is 2. The normalized spacial score (nSPS) is 39.7. The van der Waals surface area contributed by atoms with Crippen molar-refractivity contribution in [1.82, 2.24) is 5.32 Å². The Morgan fingerprint density at radius 1 is 1.26 bits per heavy atom. The van der Waals surface area contributed by atoms with E-state index in [1.807, 2.05) is 0 Å². The summed E-state index contributed by atoms with van der Waals surface area (Å²) in [4.78, 5) is 23.4. The Bertz CT molecular complexity index is 415. The van der Waals surface area contributed by atoms with E-state index in [-0.39, 0.29) is 12.0 Å². The lowest BCUT2D eigenvalue weighted by Crippen LogP contribution is -2.44. The second-order valence-corrected chi connectivity index (χ2v) is 5.22. The molecule has 0 aliphatic carbocycles. The fraction of sp³-hybridized carbons (Fsp3) is 0.692. The van der Waals surface area contributed by atoms with Crippen LogP contribution in [0.25, 0.3) is 0 Å². The van der Waals surface area contributed by atoms with Gasteiger partial charge in [-0.3, -0.25) is 9.59 Å². The molecule has 5 atom stereocenters. The Kier molecular flexibility index (Phi) is 3.28. The van der Waals surface area contributed by atoms with Crippen molar-refractivity contribution in [2.75, 3.05) is 13.2 Å². The van der Waals surface area contributed by atoms with Crippen molar-refractivity contribution in [2.24, 2.45) is 11.8 Å². The quantitative estimate of drug-likeness (QED) is 0.697. The molecule has 3 heterocycles. The minimum absolute atomic E-state index is 0.0577. The Morgan fingerprint density at radius 2 is 2.00 bits per heavy atom. The van der Waals surface area contributed by atoms with Crippen molar-refractivity contribution < 1.29 is 24.2 Å². The summed E-state index contributed by atoms with van der Waals surface area (Å²) in [6.45, 7) is 1.18. The van der Waals surface area contributed by atoms with Gasteiger partial charge in [-0.1, -0.05) is 12.2 Å². The number of fused-ring (bicyclic) bond motifs is 2. The molecule has 0 saturated carbocycles. The second-order valence-electron chi connectivity index (χ2n) is 5.22. The zero-order valence-corrected chi connectivity index (χ0v) is 10.5. The first-order valence-electron chi connectivity index (χ1n) is 6.63. The zero-order valence-electron chi connectivity index (χ0n) is 10.5. The van der Waals surface area contributed by atoms with Gasteiger partial charge in [-0.15, -0.1) is 0 Å². The number of ether oxygens (including phenoxy) is 2. The summed E-state index contributed by atoms with van der Waals surface area (Å²) in [7, 11) is 0. The smallest absolute Gasteiger partial charge is 0.310 e. The molecule has 104 valence electrons. The number of amides is 1. The SMILES string of the molecule is O=C(O)[C@H]1[C@H](C(=O)NC[C@@H]2CCCO2)[C@H]2C=C[C@H]1O2. The number of rotatable bonds is 4. The molecular formula is C13H17NO5. The minimum atomic E-state index is -0.978. The van der Waals surface area contributed by atoms with Crippen molar-refractivity contribution in [3.63, 3.8) is 0 Å². The average molecular weight is 267 g/mol. The zero-order chi connectivity index (χ0) is 13.4. The topological polar surface area (TPSA) is 84.9 Å². The van der Waals surface area contributed by atoms with Crippen LogP contribution in [0.4, 0.5) is 0 Å². The van der Waals surface area contributed by atoms with E-state index in [9.17, 15) is 14.7 Å². The number of aliphatic carboxylic acids is 1. The van der Waals surface area contributed by atoms with Gasteiger partial charge in [-0.05, 0) is 12.8 Å². The monoisotopic (exact) mass is 267 g/mol. The van der Waals surface area contributed by atoms with Gasteiger partial charge < -0.3 is 19.9 Å². The van der Waals surface area contributed by atoms with Gasteiger partial charge in [0.15, 0.2) is 0 Å². The van der Waals surface area contributed by atoms with E-state index in [0.29, 0.717) is 6.54 Å². The molecule has 0 aromatic heterocycles. The van der Waals surface area contributed by atoms with Crippen LogP contribution < -0.4 is 5.32 Å². The van der Waals surface area contributed by atoms with E-state index >= 15 is 0 Å². The van der Waals surface area contributed by atoms with Crippen molar-refractivity contribution in [3.05, 3.63) is 12.2 Å². The van der Waals surface area contributed by atoms with Gasteiger partial charge >= 0.3 is 5.97 Å². The largest absolute Gasteiger partial charge is 0.481 e. The third-order valence-electron chi connectivity index (χ3n) is 4.02. The Hall–Kier alpha value is -1.40. The lowest BCUT2D eigenvalue weighted by atomic mass is 9.82. The summed E-state index contributed by atoms with van der Waals surface area (Å²) >= 11 is 0. The van der Waals surface area contributed by atoms with Crippen molar-refractivity contribution >= 4 is 11.9 Å². The fourth-order valence-corrected chi connectivity index (χ4v) is 3.05. The maximum Gasteiger partial charge on any atom is 0.310 e. The van der Waals surface area contributed by atoms with Crippen LogP contribution in [0.1, 0.15) is 12.8 Å². The highest BCUT2D eigenvalue weighted by Crippen LogP contribution is 2.39. The molecule has 0 unspecified atom stereocenters. The first-order chi connectivity index (χ1) is 9.16. The maximum atomic E-state index is 12.2. The van der Waals surface area contributed by atoms with E-state index in [1.54, 1.807) is 12.2 Å². The molecular weight excluding hydrogens is 250 g/mol. The van der Waals surface area contributed by atoms with Gasteiger partial charge in [-0.25, -0.2) is 0 Å². The summed E-state index contributed by atoms with van der Waals surface area (Å²) in [5, 5.41) is 12.0. The van der Waals surface area contributed by atoms with Crippen LogP contribution in [-0.2, 0) is 19.1 Å². The van der Waals surface area contributed by atoms with Gasteiger partial charge in [0.05, 0.1) is 24.2 Å². The Morgan fingerprint density at radius 3 is 2.63 bits per heavy atom. The van der Waals surface area contributed by atoms with Crippen LogP contribution in [0.3, 0.4) is 0 Å². The fourth-order valence-electron chi connectivity index (χ4n) is 3.05. The highest BCUT2D eigenvalue weighted by Gasteiger charge is 2.53. The van der Waals surface area contributed by atoms with Crippen LogP contribution in [0.5, 0.6) is 0 Å². The molecule has 19 heavy (non-hydrogen) atoms.